The maximum Gasteiger partial charge on any atom is 0.251 e. The van der Waals surface area contributed by atoms with E-state index in [4.69, 9.17) is 0 Å². The van der Waals surface area contributed by atoms with Gasteiger partial charge in [-0.3, -0.25) is 4.79 Å². The van der Waals surface area contributed by atoms with Crippen molar-refractivity contribution in [3.8, 4) is 0 Å². The second-order valence-electron chi connectivity index (χ2n) is 5.78. The van der Waals surface area contributed by atoms with Crippen molar-refractivity contribution in [3.05, 3.63) is 29.8 Å². The van der Waals surface area contributed by atoms with E-state index in [9.17, 15) is 13.2 Å². The Morgan fingerprint density at radius 2 is 2.08 bits per heavy atom. The molecule has 1 aromatic rings. The molecular weight excluding hydrogens is 346 g/mol. The molecule has 8 heteroatoms. The van der Waals surface area contributed by atoms with Crippen LogP contribution in [0.15, 0.2) is 29.2 Å². The molecule has 1 aliphatic rings. The summed E-state index contributed by atoms with van der Waals surface area (Å²) in [4.78, 5) is 12.3. The van der Waals surface area contributed by atoms with Crippen molar-refractivity contribution in [3.63, 3.8) is 0 Å². The van der Waals surface area contributed by atoms with Crippen LogP contribution in [0.4, 0.5) is 0 Å². The van der Waals surface area contributed by atoms with Gasteiger partial charge in [-0.25, -0.2) is 13.1 Å². The molecule has 134 valence electrons. The highest BCUT2D eigenvalue weighted by Gasteiger charge is 2.22. The number of hydrogen-bond acceptors (Lipinski definition) is 5. The molecule has 1 saturated heterocycles. The van der Waals surface area contributed by atoms with Gasteiger partial charge in [0.15, 0.2) is 0 Å². The summed E-state index contributed by atoms with van der Waals surface area (Å²) in [5, 5.41) is 6.02. The first-order chi connectivity index (χ1) is 11.5. The Kier molecular flexibility index (Phi) is 7.54. The SMILES string of the molecule is CSCCCNC(=O)c1cccc(S(=O)(=O)NC2CCNCC2)c1. The molecule has 2 rings (SSSR count). The lowest BCUT2D eigenvalue weighted by molar-refractivity contribution is 0.0953. The van der Waals surface area contributed by atoms with Gasteiger partial charge >= 0.3 is 0 Å². The number of hydrogen-bond donors (Lipinski definition) is 3. The van der Waals surface area contributed by atoms with Gasteiger partial charge in [0.1, 0.15) is 0 Å². The standard InChI is InChI=1S/C16H25N3O3S2/c1-23-11-3-8-18-16(20)13-4-2-5-15(12-13)24(21,22)19-14-6-9-17-10-7-14/h2,4-5,12,14,17,19H,3,6-11H2,1H3,(H,18,20). The summed E-state index contributed by atoms with van der Waals surface area (Å²) in [6, 6.07) is 6.14. The topological polar surface area (TPSA) is 87.3 Å². The van der Waals surface area contributed by atoms with E-state index in [1.807, 2.05) is 6.26 Å². The first-order valence-electron chi connectivity index (χ1n) is 8.13. The number of thioether (sulfide) groups is 1. The van der Waals surface area contributed by atoms with Gasteiger partial charge in [0, 0.05) is 18.2 Å². The normalized spacial score (nSPS) is 16.0. The smallest absolute Gasteiger partial charge is 0.251 e. The first kappa shape index (κ1) is 19.2. The minimum Gasteiger partial charge on any atom is -0.352 e. The minimum atomic E-state index is -3.61. The van der Waals surface area contributed by atoms with Crippen LogP contribution in [-0.2, 0) is 10.0 Å². The minimum absolute atomic E-state index is 0.0553. The summed E-state index contributed by atoms with van der Waals surface area (Å²) >= 11 is 1.73. The molecule has 0 aliphatic carbocycles. The Morgan fingerprint density at radius 3 is 2.79 bits per heavy atom. The van der Waals surface area contributed by atoms with Crippen molar-refractivity contribution in [1.82, 2.24) is 15.4 Å². The molecular formula is C16H25N3O3S2. The number of rotatable bonds is 8. The fraction of sp³-hybridized carbons (Fsp3) is 0.562. The van der Waals surface area contributed by atoms with Gasteiger partial charge in [-0.2, -0.15) is 11.8 Å². The Bertz CT molecular complexity index is 644. The number of amides is 1. The van der Waals surface area contributed by atoms with E-state index < -0.39 is 10.0 Å². The Morgan fingerprint density at radius 1 is 1.33 bits per heavy atom. The van der Waals surface area contributed by atoms with E-state index in [1.165, 1.54) is 12.1 Å². The van der Waals surface area contributed by atoms with Crippen LogP contribution in [0.2, 0.25) is 0 Å². The van der Waals surface area contributed by atoms with Crippen LogP contribution in [-0.4, -0.2) is 52.0 Å². The predicted molar refractivity (Wildman–Crippen MR) is 98.0 cm³/mol. The molecule has 0 unspecified atom stereocenters. The van der Waals surface area contributed by atoms with Crippen molar-refractivity contribution in [2.45, 2.75) is 30.2 Å². The van der Waals surface area contributed by atoms with E-state index in [0.29, 0.717) is 12.1 Å². The van der Waals surface area contributed by atoms with Gasteiger partial charge in [0.2, 0.25) is 10.0 Å². The van der Waals surface area contributed by atoms with E-state index in [2.05, 4.69) is 15.4 Å². The molecule has 1 aromatic carbocycles. The van der Waals surface area contributed by atoms with Crippen molar-refractivity contribution in [1.29, 1.82) is 0 Å². The van der Waals surface area contributed by atoms with Crippen LogP contribution in [0, 0.1) is 0 Å². The lowest BCUT2D eigenvalue weighted by atomic mass is 10.1. The van der Waals surface area contributed by atoms with Crippen LogP contribution >= 0.6 is 11.8 Å². The lowest BCUT2D eigenvalue weighted by Crippen LogP contribution is -2.42. The molecule has 0 saturated carbocycles. The first-order valence-corrected chi connectivity index (χ1v) is 11.0. The number of piperidine rings is 1. The number of sulfonamides is 1. The van der Waals surface area contributed by atoms with Crippen LogP contribution in [0.3, 0.4) is 0 Å². The zero-order valence-corrected chi connectivity index (χ0v) is 15.5. The van der Waals surface area contributed by atoms with Crippen LogP contribution in [0.25, 0.3) is 0 Å². The van der Waals surface area contributed by atoms with Crippen LogP contribution in [0.1, 0.15) is 29.6 Å². The molecule has 24 heavy (non-hydrogen) atoms. The summed E-state index contributed by atoms with van der Waals surface area (Å²) in [6.07, 6.45) is 4.46. The van der Waals surface area contributed by atoms with Crippen molar-refractivity contribution in [2.24, 2.45) is 0 Å². The van der Waals surface area contributed by atoms with Gasteiger partial charge in [-0.1, -0.05) is 6.07 Å². The number of benzene rings is 1. The Balaban J connectivity index is 2.01. The van der Waals surface area contributed by atoms with E-state index in [-0.39, 0.29) is 16.8 Å². The molecule has 3 N–H and O–H groups in total. The molecule has 0 radical (unpaired) electrons. The number of carbonyl (C=O) groups is 1. The number of carbonyl (C=O) groups excluding carboxylic acids is 1. The Hall–Kier alpha value is -1.09. The molecule has 0 spiro atoms. The maximum absolute atomic E-state index is 12.5. The molecule has 0 bridgehead atoms. The summed E-state index contributed by atoms with van der Waals surface area (Å²) in [7, 11) is -3.61. The highest BCUT2D eigenvalue weighted by Crippen LogP contribution is 2.14. The van der Waals surface area contributed by atoms with E-state index in [1.54, 1.807) is 23.9 Å². The summed E-state index contributed by atoms with van der Waals surface area (Å²) in [6.45, 7) is 2.21. The molecule has 6 nitrogen and oxygen atoms in total. The average molecular weight is 372 g/mol. The molecule has 1 heterocycles. The number of nitrogens with one attached hydrogen (secondary N) is 3. The van der Waals surface area contributed by atoms with Gasteiger partial charge in [-0.15, -0.1) is 0 Å². The quantitative estimate of drug-likeness (QED) is 0.598. The highest BCUT2D eigenvalue weighted by molar-refractivity contribution is 7.98. The largest absolute Gasteiger partial charge is 0.352 e. The van der Waals surface area contributed by atoms with Crippen molar-refractivity contribution < 1.29 is 13.2 Å². The Labute approximate surface area is 148 Å². The lowest BCUT2D eigenvalue weighted by Gasteiger charge is -2.23. The van der Waals surface area contributed by atoms with Crippen molar-refractivity contribution >= 4 is 27.7 Å². The van der Waals surface area contributed by atoms with Crippen LogP contribution < -0.4 is 15.4 Å². The molecule has 1 fully saturated rings. The molecule has 0 atom stereocenters. The van der Waals surface area contributed by atoms with Gasteiger partial charge < -0.3 is 10.6 Å². The third kappa shape index (κ3) is 5.77. The molecule has 0 aromatic heterocycles. The third-order valence-electron chi connectivity index (χ3n) is 3.88. The zero-order valence-electron chi connectivity index (χ0n) is 13.9. The predicted octanol–water partition coefficient (Wildman–Crippen LogP) is 1.20. The fourth-order valence-corrected chi connectivity index (χ4v) is 4.34. The highest BCUT2D eigenvalue weighted by atomic mass is 32.2. The van der Waals surface area contributed by atoms with E-state index >= 15 is 0 Å². The summed E-state index contributed by atoms with van der Waals surface area (Å²) < 4.78 is 27.8. The maximum atomic E-state index is 12.5. The van der Waals surface area contributed by atoms with E-state index in [0.717, 1.165) is 38.1 Å². The average Bonchev–Trinajstić information content (AvgIpc) is 2.59. The van der Waals surface area contributed by atoms with Crippen LogP contribution in [0.5, 0.6) is 0 Å². The fourth-order valence-electron chi connectivity index (χ4n) is 2.55. The molecule has 1 aliphatic heterocycles. The zero-order chi connectivity index (χ0) is 17.4. The second-order valence-corrected chi connectivity index (χ2v) is 8.48. The van der Waals surface area contributed by atoms with Crippen molar-refractivity contribution in [2.75, 3.05) is 31.6 Å². The van der Waals surface area contributed by atoms with Gasteiger partial charge in [0.05, 0.1) is 4.90 Å². The monoisotopic (exact) mass is 371 g/mol. The third-order valence-corrected chi connectivity index (χ3v) is 6.09. The summed E-state index contributed by atoms with van der Waals surface area (Å²) in [5.41, 5.74) is 0.368. The molecule has 1 amide bonds. The summed E-state index contributed by atoms with van der Waals surface area (Å²) in [5.74, 6) is 0.740. The second kappa shape index (κ2) is 9.41. The van der Waals surface area contributed by atoms with Gasteiger partial charge in [-0.05, 0) is 62.6 Å². The van der Waals surface area contributed by atoms with Gasteiger partial charge in [0.25, 0.3) is 5.91 Å².